The Morgan fingerprint density at radius 1 is 0.970 bits per heavy atom. The van der Waals surface area contributed by atoms with Crippen LogP contribution in [0.15, 0.2) is 59.4 Å². The van der Waals surface area contributed by atoms with Crippen molar-refractivity contribution in [2.75, 3.05) is 0 Å². The lowest BCUT2D eigenvalue weighted by atomic mass is 9.85. The van der Waals surface area contributed by atoms with Crippen molar-refractivity contribution in [3.05, 3.63) is 76.3 Å². The fraction of sp³-hybridized carbons (Fsp3) is 0.292. The molecule has 1 unspecified atom stereocenters. The number of carbonyl (C=O) groups is 2. The summed E-state index contributed by atoms with van der Waals surface area (Å²) < 4.78 is 3.14. The Morgan fingerprint density at radius 3 is 2.45 bits per heavy atom. The molecule has 1 saturated heterocycles. The van der Waals surface area contributed by atoms with Gasteiger partial charge in [-0.1, -0.05) is 62.2 Å². The first kappa shape index (κ1) is 20.9. The molecule has 0 radical (unpaired) electrons. The number of nitrogens with one attached hydrogen (secondary N) is 1. The number of unbranched alkanes of at least 4 members (excludes halogenated alkanes) is 1. The summed E-state index contributed by atoms with van der Waals surface area (Å²) in [6.07, 6.45) is 2.19. The Balaban J connectivity index is 1.60. The topological polar surface area (TPSA) is 102 Å². The van der Waals surface area contributed by atoms with Crippen molar-refractivity contribution >= 4 is 28.6 Å². The average molecular weight is 444 g/mol. The minimum Gasteiger partial charge on any atom is -0.319 e. The quantitative estimate of drug-likeness (QED) is 0.461. The van der Waals surface area contributed by atoms with Crippen LogP contribution in [0.1, 0.15) is 37.6 Å². The number of rotatable bonds is 6. The molecule has 0 saturated carbocycles. The molecule has 33 heavy (non-hydrogen) atoms. The van der Waals surface area contributed by atoms with Crippen molar-refractivity contribution in [2.45, 2.75) is 38.3 Å². The first-order valence-corrected chi connectivity index (χ1v) is 11.0. The molecule has 1 aliphatic heterocycles. The third kappa shape index (κ3) is 3.11. The van der Waals surface area contributed by atoms with Crippen LogP contribution in [-0.2, 0) is 23.9 Å². The van der Waals surface area contributed by atoms with E-state index in [1.165, 1.54) is 9.47 Å². The Labute approximate surface area is 189 Å². The van der Waals surface area contributed by atoms with E-state index in [1.807, 2.05) is 36.4 Å². The summed E-state index contributed by atoms with van der Waals surface area (Å²) in [6.45, 7) is 1.99. The smallest absolute Gasteiger partial charge is 0.319 e. The van der Waals surface area contributed by atoms with Gasteiger partial charge in [-0.25, -0.2) is 4.79 Å². The predicted molar refractivity (Wildman–Crippen MR) is 122 cm³/mol. The van der Waals surface area contributed by atoms with Crippen LogP contribution in [0.2, 0.25) is 0 Å². The summed E-state index contributed by atoms with van der Waals surface area (Å²) in [4.78, 5) is 40.7. The minimum atomic E-state index is -1.11. The molecule has 1 N–H and O–H groups in total. The van der Waals surface area contributed by atoms with Gasteiger partial charge in [-0.05, 0) is 24.1 Å². The van der Waals surface area contributed by atoms with Gasteiger partial charge in [0.05, 0.1) is 17.4 Å². The minimum absolute atomic E-state index is 0.0608. The first-order valence-electron chi connectivity index (χ1n) is 11.0. The second-order valence-electron chi connectivity index (χ2n) is 8.33. The Morgan fingerprint density at radius 2 is 1.70 bits per heavy atom. The van der Waals surface area contributed by atoms with E-state index < -0.39 is 11.6 Å². The molecule has 1 aliphatic rings. The van der Waals surface area contributed by atoms with Crippen molar-refractivity contribution in [1.29, 1.82) is 0 Å². The summed E-state index contributed by atoms with van der Waals surface area (Å²) in [5.41, 5.74) is 0.0972. The molecule has 0 bridgehead atoms. The number of para-hydroxylation sites is 1. The van der Waals surface area contributed by atoms with Gasteiger partial charge in [0, 0.05) is 7.05 Å². The number of nitrogens with zero attached hydrogens (tertiary/aromatic N) is 5. The van der Waals surface area contributed by atoms with Crippen LogP contribution in [0.5, 0.6) is 0 Å². The van der Waals surface area contributed by atoms with Gasteiger partial charge in [-0.15, -0.1) is 10.2 Å². The standard InChI is InChI=1S/C24H24N6O3/c1-3-4-14-24(16-10-6-5-7-11-16)21(32)29(23(33)25-24)15-19-26-27-22-28(2)20(31)17-12-8-9-13-18(17)30(19)22/h5-13H,3-4,14-15H2,1-2H3,(H,25,33). The second kappa shape index (κ2) is 7.84. The molecule has 4 aromatic rings. The Bertz CT molecular complexity index is 1440. The van der Waals surface area contributed by atoms with E-state index in [-0.39, 0.29) is 18.0 Å². The van der Waals surface area contributed by atoms with E-state index in [1.54, 1.807) is 29.6 Å². The molecule has 0 spiro atoms. The van der Waals surface area contributed by atoms with E-state index in [4.69, 9.17) is 0 Å². The van der Waals surface area contributed by atoms with Gasteiger partial charge in [-0.2, -0.15) is 0 Å². The summed E-state index contributed by atoms with van der Waals surface area (Å²) in [5.74, 6) is 0.443. The zero-order valence-corrected chi connectivity index (χ0v) is 18.5. The van der Waals surface area contributed by atoms with Crippen LogP contribution in [-0.4, -0.2) is 36.0 Å². The third-order valence-corrected chi connectivity index (χ3v) is 6.34. The molecule has 9 nitrogen and oxygen atoms in total. The van der Waals surface area contributed by atoms with Crippen molar-refractivity contribution in [1.82, 2.24) is 29.4 Å². The molecule has 168 valence electrons. The predicted octanol–water partition coefficient (Wildman–Crippen LogP) is 2.72. The largest absolute Gasteiger partial charge is 0.325 e. The Kier molecular flexibility index (Phi) is 4.96. The number of aryl methyl sites for hydroxylation is 1. The van der Waals surface area contributed by atoms with Gasteiger partial charge in [0.1, 0.15) is 5.54 Å². The zero-order chi connectivity index (χ0) is 23.2. The summed E-state index contributed by atoms with van der Waals surface area (Å²) >= 11 is 0. The lowest BCUT2D eigenvalue weighted by molar-refractivity contribution is -0.132. The molecule has 1 fully saturated rings. The highest BCUT2D eigenvalue weighted by atomic mass is 16.2. The van der Waals surface area contributed by atoms with Gasteiger partial charge in [0.15, 0.2) is 5.82 Å². The van der Waals surface area contributed by atoms with Crippen LogP contribution >= 0.6 is 0 Å². The normalized spacial score (nSPS) is 18.4. The van der Waals surface area contributed by atoms with Gasteiger partial charge in [0.2, 0.25) is 5.78 Å². The highest BCUT2D eigenvalue weighted by molar-refractivity contribution is 6.07. The number of carbonyl (C=O) groups excluding carboxylic acids is 2. The fourth-order valence-corrected chi connectivity index (χ4v) is 4.58. The number of hydrogen-bond acceptors (Lipinski definition) is 5. The molecule has 3 amide bonds. The molecule has 5 rings (SSSR count). The van der Waals surface area contributed by atoms with E-state index in [2.05, 4.69) is 22.4 Å². The van der Waals surface area contributed by atoms with E-state index in [9.17, 15) is 14.4 Å². The van der Waals surface area contributed by atoms with Crippen LogP contribution in [0, 0.1) is 0 Å². The number of hydrogen-bond donors (Lipinski definition) is 1. The molecule has 2 aromatic carbocycles. The third-order valence-electron chi connectivity index (χ3n) is 6.34. The molecule has 1 atom stereocenters. The van der Waals surface area contributed by atoms with Crippen LogP contribution < -0.4 is 10.9 Å². The maximum atomic E-state index is 13.7. The molecule has 3 heterocycles. The van der Waals surface area contributed by atoms with E-state index >= 15 is 0 Å². The number of fused-ring (bicyclic) bond motifs is 3. The van der Waals surface area contributed by atoms with Crippen molar-refractivity contribution < 1.29 is 9.59 Å². The number of imide groups is 1. The highest BCUT2D eigenvalue weighted by Crippen LogP contribution is 2.34. The second-order valence-corrected chi connectivity index (χ2v) is 8.33. The number of amides is 3. The summed E-state index contributed by atoms with van der Waals surface area (Å²) in [7, 11) is 1.63. The van der Waals surface area contributed by atoms with Gasteiger partial charge < -0.3 is 5.32 Å². The number of benzene rings is 2. The van der Waals surface area contributed by atoms with Crippen molar-refractivity contribution in [3.63, 3.8) is 0 Å². The highest BCUT2D eigenvalue weighted by Gasteiger charge is 2.52. The zero-order valence-electron chi connectivity index (χ0n) is 18.5. The molecule has 9 heteroatoms. The molecule has 2 aromatic heterocycles. The molecular weight excluding hydrogens is 420 g/mol. The van der Waals surface area contributed by atoms with Crippen molar-refractivity contribution in [2.24, 2.45) is 7.05 Å². The monoisotopic (exact) mass is 444 g/mol. The fourth-order valence-electron chi connectivity index (χ4n) is 4.58. The molecule has 0 aliphatic carbocycles. The van der Waals surface area contributed by atoms with E-state index in [0.29, 0.717) is 28.9 Å². The Hall–Kier alpha value is -4.01. The summed E-state index contributed by atoms with van der Waals surface area (Å²) in [5, 5.41) is 11.9. The number of aromatic nitrogens is 4. The lowest BCUT2D eigenvalue weighted by Gasteiger charge is -2.27. The average Bonchev–Trinajstić information content (AvgIpc) is 3.37. The van der Waals surface area contributed by atoms with Crippen molar-refractivity contribution in [3.8, 4) is 0 Å². The number of urea groups is 1. The van der Waals surface area contributed by atoms with Gasteiger partial charge >= 0.3 is 6.03 Å². The van der Waals surface area contributed by atoms with Crippen LogP contribution in [0.3, 0.4) is 0 Å². The maximum Gasteiger partial charge on any atom is 0.325 e. The van der Waals surface area contributed by atoms with Gasteiger partial charge in [0.25, 0.3) is 11.5 Å². The van der Waals surface area contributed by atoms with E-state index in [0.717, 1.165) is 18.4 Å². The van der Waals surface area contributed by atoms with Crippen LogP contribution in [0.25, 0.3) is 16.7 Å². The SMILES string of the molecule is CCCCC1(c2ccccc2)NC(=O)N(Cc2nnc3n(C)c(=O)c4ccccc4n23)C1=O. The van der Waals surface area contributed by atoms with Crippen LogP contribution in [0.4, 0.5) is 4.79 Å². The summed E-state index contributed by atoms with van der Waals surface area (Å²) in [6, 6.07) is 16.0. The van der Waals surface area contributed by atoms with Gasteiger partial charge in [-0.3, -0.25) is 23.5 Å². The maximum absolute atomic E-state index is 13.7. The first-order chi connectivity index (χ1) is 16.0. The molecular formula is C24H24N6O3. The lowest BCUT2D eigenvalue weighted by Crippen LogP contribution is -2.44.